The molecule has 2 amide bonds. The van der Waals surface area contributed by atoms with Crippen LogP contribution in [0.15, 0.2) is 34.1 Å². The average molecular weight is 949 g/mol. The molecule has 2 heterocycles. The van der Waals surface area contributed by atoms with Gasteiger partial charge in [-0.25, -0.2) is 16.8 Å². The Morgan fingerprint density at radius 1 is 0.571 bits per heavy atom. The third kappa shape index (κ3) is 10.2. The van der Waals surface area contributed by atoms with Crippen LogP contribution in [0, 0.1) is 6.92 Å². The molecule has 306 valence electrons. The van der Waals surface area contributed by atoms with E-state index in [1.54, 1.807) is 37.5 Å². The van der Waals surface area contributed by atoms with E-state index in [0.29, 0.717) is 11.3 Å². The fourth-order valence-electron chi connectivity index (χ4n) is 6.26. The van der Waals surface area contributed by atoms with Gasteiger partial charge in [0.1, 0.15) is 31.6 Å². The lowest BCUT2D eigenvalue weighted by Crippen LogP contribution is -2.50. The van der Waals surface area contributed by atoms with Crippen molar-refractivity contribution in [2.75, 3.05) is 9.44 Å². The minimum Gasteiger partial charge on any atom is -0.337 e. The highest BCUT2D eigenvalue weighted by Gasteiger charge is 2.46. The Kier molecular flexibility index (Phi) is 15.0. The van der Waals surface area contributed by atoms with Crippen molar-refractivity contribution in [2.45, 2.75) is 108 Å². The van der Waals surface area contributed by atoms with Gasteiger partial charge in [-0.3, -0.25) is 19.0 Å². The number of nitrogens with one attached hydrogen (secondary N) is 2. The van der Waals surface area contributed by atoms with Crippen molar-refractivity contribution in [1.29, 1.82) is 0 Å². The molecule has 0 aliphatic rings. The van der Waals surface area contributed by atoms with Crippen molar-refractivity contribution < 1.29 is 26.4 Å². The summed E-state index contributed by atoms with van der Waals surface area (Å²) in [7, 11) is -8.83. The van der Waals surface area contributed by atoms with Gasteiger partial charge in [0.05, 0.1) is 15.1 Å². The first-order valence-corrected chi connectivity index (χ1v) is 23.3. The van der Waals surface area contributed by atoms with Gasteiger partial charge in [0, 0.05) is 34.2 Å². The Morgan fingerprint density at radius 3 is 1.23 bits per heavy atom. The van der Waals surface area contributed by atoms with Gasteiger partial charge in [-0.05, 0) is 92.1 Å². The van der Waals surface area contributed by atoms with Crippen LogP contribution < -0.4 is 9.44 Å². The van der Waals surface area contributed by atoms with Crippen molar-refractivity contribution in [3.05, 3.63) is 65.0 Å². The number of sulfonamides is 2. The maximum atomic E-state index is 14.9. The maximum absolute atomic E-state index is 14.9. The van der Waals surface area contributed by atoms with Crippen molar-refractivity contribution in [3.63, 3.8) is 0 Å². The summed E-state index contributed by atoms with van der Waals surface area (Å²) in [6.07, 6.45) is 0. The zero-order chi connectivity index (χ0) is 42.2. The van der Waals surface area contributed by atoms with Crippen molar-refractivity contribution in [2.24, 2.45) is 0 Å². The molecule has 2 unspecified atom stereocenters. The number of nitrogens with zero attached hydrogens (tertiary/aromatic N) is 6. The molecule has 2 N–H and O–H groups in total. The molecular formula is C33H39Cl5N8O6S4. The molecule has 0 fully saturated rings. The largest absolute Gasteiger partial charge is 0.337 e. The highest BCUT2D eigenvalue weighted by Crippen LogP contribution is 2.43. The van der Waals surface area contributed by atoms with Crippen LogP contribution in [0.5, 0.6) is 0 Å². The van der Waals surface area contributed by atoms with Gasteiger partial charge < -0.3 is 9.80 Å². The Labute approximate surface area is 359 Å². The third-order valence-electron chi connectivity index (χ3n) is 8.15. The molecule has 0 radical (unpaired) electrons. The molecule has 2 atom stereocenters. The van der Waals surface area contributed by atoms with Crippen molar-refractivity contribution >= 4 is 123 Å². The van der Waals surface area contributed by atoms with E-state index >= 15 is 0 Å². The Hall–Kier alpha value is -2.55. The SMILES string of the molecule is Cc1cc(Cl)cc(Cl)c1S(=O)(=O)Nc1nnc(C(C(=O)N(C(C)C)C(C)C)C(C(=O)N(C(C)C)C(C)C)c2nnc(NS(=O)(=O)c3c(Cl)cc(Cl)cc3Cl)s2)s1. The lowest BCUT2D eigenvalue weighted by Gasteiger charge is -2.38. The van der Waals surface area contributed by atoms with E-state index in [2.05, 4.69) is 29.8 Å². The second kappa shape index (κ2) is 18.2. The first kappa shape index (κ1) is 46.1. The molecule has 4 rings (SSSR count). The van der Waals surface area contributed by atoms with Crippen LogP contribution in [0.1, 0.15) is 82.8 Å². The van der Waals surface area contributed by atoms with Gasteiger partial charge >= 0.3 is 0 Å². The quantitative estimate of drug-likeness (QED) is 0.117. The van der Waals surface area contributed by atoms with E-state index < -0.39 is 48.6 Å². The Balaban J connectivity index is 1.92. The number of hydrogen-bond donors (Lipinski definition) is 2. The van der Waals surface area contributed by atoms with E-state index in [1.165, 1.54) is 31.2 Å². The molecule has 0 aliphatic carbocycles. The number of rotatable bonds is 15. The summed E-state index contributed by atoms with van der Waals surface area (Å²) in [5.41, 5.74) is 0.272. The molecule has 2 aromatic carbocycles. The second-order valence-corrected chi connectivity index (χ2v) is 21.0. The number of aromatic nitrogens is 4. The normalized spacial score (nSPS) is 13.4. The van der Waals surface area contributed by atoms with E-state index in [9.17, 15) is 26.4 Å². The summed E-state index contributed by atoms with van der Waals surface area (Å²) in [6, 6.07) is 3.70. The van der Waals surface area contributed by atoms with Crippen LogP contribution in [0.2, 0.25) is 25.1 Å². The standard InChI is InChI=1S/C33H39Cl5N8O6S4/c1-14(2)45(15(3)4)30(47)24(28-39-41-32(53-28)43-55(49,50)26-18(9)10-19(34)11-21(26)36)25(31(48)46(16(5)6)17(7)8)29-40-42-33(54-29)44-56(51,52)27-22(37)12-20(35)13-23(27)38/h10-17,24-25H,1-9H3,(H,41,43)(H,42,44). The molecule has 23 heteroatoms. The summed E-state index contributed by atoms with van der Waals surface area (Å²) in [4.78, 5) is 32.2. The fraction of sp³-hybridized carbons (Fsp3) is 0.455. The van der Waals surface area contributed by atoms with Gasteiger partial charge in [-0.1, -0.05) is 80.7 Å². The van der Waals surface area contributed by atoms with Crippen molar-refractivity contribution in [3.8, 4) is 0 Å². The van der Waals surface area contributed by atoms with Crippen molar-refractivity contribution in [1.82, 2.24) is 30.2 Å². The zero-order valence-corrected chi connectivity index (χ0v) is 38.5. The molecule has 56 heavy (non-hydrogen) atoms. The van der Waals surface area contributed by atoms with E-state index in [4.69, 9.17) is 58.0 Å². The number of hydrogen-bond acceptors (Lipinski definition) is 12. The molecular weight excluding hydrogens is 910 g/mol. The highest BCUT2D eigenvalue weighted by atomic mass is 35.5. The monoisotopic (exact) mass is 946 g/mol. The molecule has 14 nitrogen and oxygen atoms in total. The number of amides is 2. The smallest absolute Gasteiger partial charge is 0.266 e. The number of benzene rings is 2. The average Bonchev–Trinajstić information content (AvgIpc) is 3.66. The number of carbonyl (C=O) groups is 2. The van der Waals surface area contributed by atoms with E-state index in [0.717, 1.165) is 11.3 Å². The van der Waals surface area contributed by atoms with Gasteiger partial charge in [0.2, 0.25) is 22.1 Å². The number of anilines is 2. The van der Waals surface area contributed by atoms with Crippen LogP contribution in [0.25, 0.3) is 0 Å². The van der Waals surface area contributed by atoms with Crippen LogP contribution in [-0.2, 0) is 29.6 Å². The summed E-state index contributed by atoms with van der Waals surface area (Å²) in [5, 5.41) is 15.8. The van der Waals surface area contributed by atoms with Crippen LogP contribution in [-0.4, -0.2) is 83.0 Å². The van der Waals surface area contributed by atoms with Crippen LogP contribution >= 0.6 is 80.7 Å². The third-order valence-corrected chi connectivity index (χ3v) is 14.9. The Morgan fingerprint density at radius 2 is 0.893 bits per heavy atom. The number of halogens is 5. The topological polar surface area (TPSA) is 185 Å². The summed E-state index contributed by atoms with van der Waals surface area (Å²) in [5.74, 6) is -3.98. The minimum atomic E-state index is -4.47. The van der Waals surface area contributed by atoms with E-state index in [-0.39, 0.29) is 80.0 Å². The van der Waals surface area contributed by atoms with Gasteiger partial charge in [-0.2, -0.15) is 0 Å². The summed E-state index contributed by atoms with van der Waals surface area (Å²) < 4.78 is 59.0. The molecule has 0 aliphatic heterocycles. The summed E-state index contributed by atoms with van der Waals surface area (Å²) in [6.45, 7) is 16.0. The lowest BCUT2D eigenvalue weighted by atomic mass is 9.88. The highest BCUT2D eigenvalue weighted by molar-refractivity contribution is 7.93. The van der Waals surface area contributed by atoms with Gasteiger partial charge in [-0.15, -0.1) is 20.4 Å². The maximum Gasteiger partial charge on any atom is 0.266 e. The molecule has 0 saturated carbocycles. The minimum absolute atomic E-state index is 0.0270. The zero-order valence-electron chi connectivity index (χ0n) is 31.4. The van der Waals surface area contributed by atoms with E-state index in [1.807, 2.05) is 27.7 Å². The molecule has 4 aromatic rings. The molecule has 0 spiro atoms. The second-order valence-electron chi connectivity index (χ2n) is 13.7. The van der Waals surface area contributed by atoms with Gasteiger partial charge in [0.25, 0.3) is 20.0 Å². The summed E-state index contributed by atoms with van der Waals surface area (Å²) >= 11 is 32.3. The first-order valence-electron chi connectivity index (χ1n) is 16.8. The Bertz CT molecular complexity index is 2110. The predicted octanol–water partition coefficient (Wildman–Crippen LogP) is 8.72. The number of aryl methyl sites for hydroxylation is 1. The predicted molar refractivity (Wildman–Crippen MR) is 224 cm³/mol. The van der Waals surface area contributed by atoms with Crippen LogP contribution in [0.4, 0.5) is 10.3 Å². The fourth-order valence-corrected chi connectivity index (χ4v) is 13.2. The van der Waals surface area contributed by atoms with Gasteiger partial charge in [0.15, 0.2) is 0 Å². The first-order chi connectivity index (χ1) is 25.9. The molecule has 0 saturated heterocycles. The van der Waals surface area contributed by atoms with Crippen LogP contribution in [0.3, 0.4) is 0 Å². The molecule has 0 bridgehead atoms. The lowest BCUT2D eigenvalue weighted by molar-refractivity contribution is -0.144. The molecule has 2 aromatic heterocycles. The number of carbonyl (C=O) groups excluding carboxylic acids is 2.